The van der Waals surface area contributed by atoms with E-state index >= 15 is 0 Å². The Morgan fingerprint density at radius 3 is 2.09 bits per heavy atom. The zero-order valence-corrected chi connectivity index (χ0v) is 36.5. The predicted octanol–water partition coefficient (Wildman–Crippen LogP) is 6.27. The lowest BCUT2D eigenvalue weighted by atomic mass is 9.73. The zero-order valence-electron chi connectivity index (χ0n) is 36.5. The molecule has 2 fully saturated rings. The van der Waals surface area contributed by atoms with E-state index in [2.05, 4.69) is 26.8 Å². The molecule has 11 nitrogen and oxygen atoms in total. The molecule has 0 aromatic heterocycles. The number of hydrogen-bond acceptors (Lipinski definition) is 11. The third kappa shape index (κ3) is 12.0. The molecule has 0 aromatic carbocycles. The Morgan fingerprint density at radius 2 is 1.47 bits per heavy atom. The summed E-state index contributed by atoms with van der Waals surface area (Å²) >= 11 is 0. The number of allylic oxidation sites excluding steroid dienone is 4. The van der Waals surface area contributed by atoms with Crippen LogP contribution in [-0.2, 0) is 28.6 Å². The summed E-state index contributed by atoms with van der Waals surface area (Å²) in [5, 5.41) is 55.2. The molecule has 326 valence electrons. The van der Waals surface area contributed by atoms with Crippen molar-refractivity contribution in [2.45, 2.75) is 182 Å². The number of fused-ring (bicyclic) bond motifs is 2. The normalized spacial score (nSPS) is 44.5. The van der Waals surface area contributed by atoms with E-state index in [1.807, 2.05) is 25.2 Å². The molecule has 3 rings (SSSR count). The molecular formula is C46H76O11. The number of aliphatic hydroxyl groups excluding tert-OH is 4. The molecule has 2 bridgehead atoms. The number of Topliss-reactive ketones (excluding diaryl/α,β-unsaturated/α-hetero) is 2. The molecule has 57 heavy (non-hydrogen) atoms. The van der Waals surface area contributed by atoms with E-state index in [1.54, 1.807) is 27.7 Å². The Labute approximate surface area is 342 Å². The molecule has 18 unspecified atom stereocenters. The number of hydrogen-bond donors (Lipinski definition) is 5. The van der Waals surface area contributed by atoms with Gasteiger partial charge in [-0.1, -0.05) is 92.7 Å². The van der Waals surface area contributed by atoms with Crippen LogP contribution < -0.4 is 0 Å². The van der Waals surface area contributed by atoms with Crippen molar-refractivity contribution in [3.05, 3.63) is 36.5 Å². The Bertz CT molecular complexity index is 1400. The fourth-order valence-corrected chi connectivity index (χ4v) is 9.37. The number of esters is 1. The highest BCUT2D eigenvalue weighted by Gasteiger charge is 2.57. The van der Waals surface area contributed by atoms with Crippen LogP contribution in [0, 0.1) is 53.3 Å². The second-order valence-electron chi connectivity index (χ2n) is 18.2. The Balaban J connectivity index is 2.02. The lowest BCUT2D eigenvalue weighted by molar-refractivity contribution is -0.374. The molecular weight excluding hydrogens is 728 g/mol. The summed E-state index contributed by atoms with van der Waals surface area (Å²) in [7, 11) is 0. The Morgan fingerprint density at radius 1 is 0.825 bits per heavy atom. The van der Waals surface area contributed by atoms with Crippen molar-refractivity contribution >= 4 is 17.5 Å². The molecule has 18 atom stereocenters. The molecule has 0 saturated carbocycles. The number of carbonyl (C=O) groups is 3. The van der Waals surface area contributed by atoms with Gasteiger partial charge in [0.1, 0.15) is 17.5 Å². The predicted molar refractivity (Wildman–Crippen MR) is 220 cm³/mol. The molecule has 0 radical (unpaired) electrons. The van der Waals surface area contributed by atoms with Crippen LogP contribution in [0.5, 0.6) is 0 Å². The summed E-state index contributed by atoms with van der Waals surface area (Å²) in [4.78, 5) is 40.7. The van der Waals surface area contributed by atoms with E-state index < -0.39 is 89.0 Å². The second kappa shape index (κ2) is 21.3. The largest absolute Gasteiger partial charge is 0.458 e. The number of aliphatic hydroxyl groups is 5. The van der Waals surface area contributed by atoms with Gasteiger partial charge in [-0.2, -0.15) is 0 Å². The molecule has 11 heteroatoms. The fraction of sp³-hybridized carbons (Fsp3) is 0.804. The minimum Gasteiger partial charge on any atom is -0.458 e. The number of carbonyl (C=O) groups excluding carboxylic acids is 3. The Hall–Kier alpha value is -2.25. The van der Waals surface area contributed by atoms with Crippen LogP contribution in [0.2, 0.25) is 0 Å². The third-order valence-corrected chi connectivity index (χ3v) is 13.6. The van der Waals surface area contributed by atoms with Crippen molar-refractivity contribution in [3.63, 3.8) is 0 Å². The molecule has 3 aliphatic rings. The van der Waals surface area contributed by atoms with Gasteiger partial charge in [0.2, 0.25) is 0 Å². The van der Waals surface area contributed by atoms with Gasteiger partial charge in [0.25, 0.3) is 0 Å². The topological polar surface area (TPSA) is 180 Å². The number of ketones is 2. The average Bonchev–Trinajstić information content (AvgIpc) is 3.17. The van der Waals surface area contributed by atoms with E-state index in [0.29, 0.717) is 32.1 Å². The van der Waals surface area contributed by atoms with E-state index in [-0.39, 0.29) is 35.9 Å². The maximum atomic E-state index is 13.6. The van der Waals surface area contributed by atoms with Gasteiger partial charge in [0, 0.05) is 42.1 Å². The quantitative estimate of drug-likeness (QED) is 0.202. The van der Waals surface area contributed by atoms with Crippen LogP contribution in [-0.4, -0.2) is 97.2 Å². The minimum absolute atomic E-state index is 0.163. The lowest BCUT2D eigenvalue weighted by Gasteiger charge is -2.56. The summed E-state index contributed by atoms with van der Waals surface area (Å²) in [5.74, 6) is -7.21. The van der Waals surface area contributed by atoms with Crippen LogP contribution in [0.4, 0.5) is 0 Å². The van der Waals surface area contributed by atoms with Crippen molar-refractivity contribution < 1.29 is 54.1 Å². The molecule has 1 spiro atoms. The summed E-state index contributed by atoms with van der Waals surface area (Å²) in [6.45, 7) is 19.2. The molecule has 0 aromatic rings. The molecule has 5 N–H and O–H groups in total. The SMILES string of the molecule is CCC1C=CC=CCC(C)C(O)C(C)(O)C(=O)C(C)C(O)C(C)C(=O)C(C)C(O)C(C)C=CC(=O)OC2C(C)C(CC1)OC1(CCC(C)C(CC(C)O)O1)C2CC. The fourth-order valence-electron chi connectivity index (χ4n) is 9.37. The first-order valence-electron chi connectivity index (χ1n) is 21.7. The van der Waals surface area contributed by atoms with Gasteiger partial charge >= 0.3 is 5.97 Å². The van der Waals surface area contributed by atoms with E-state index in [1.165, 1.54) is 32.9 Å². The van der Waals surface area contributed by atoms with Gasteiger partial charge in [0.15, 0.2) is 11.6 Å². The van der Waals surface area contributed by atoms with E-state index in [4.69, 9.17) is 14.2 Å². The van der Waals surface area contributed by atoms with Crippen molar-refractivity contribution in [3.8, 4) is 0 Å². The van der Waals surface area contributed by atoms with Gasteiger partial charge in [-0.05, 0) is 76.5 Å². The lowest BCUT2D eigenvalue weighted by Crippen LogP contribution is -2.63. The van der Waals surface area contributed by atoms with Crippen LogP contribution in [0.15, 0.2) is 36.5 Å². The molecule has 0 aliphatic carbocycles. The van der Waals surface area contributed by atoms with Crippen molar-refractivity contribution in [1.82, 2.24) is 0 Å². The maximum absolute atomic E-state index is 13.6. The van der Waals surface area contributed by atoms with Crippen LogP contribution >= 0.6 is 0 Å². The number of rotatable bonds is 4. The highest BCUT2D eigenvalue weighted by atomic mass is 16.7. The monoisotopic (exact) mass is 805 g/mol. The summed E-state index contributed by atoms with van der Waals surface area (Å²) in [5.41, 5.74) is -2.18. The highest BCUT2D eigenvalue weighted by Crippen LogP contribution is 2.50. The standard InChI is InChI=1S/C46H76O11/c1-12-34-18-16-14-15-17-28(5)43(52)45(11,54)44(53)33(10)41(51)32(9)40(50)31(8)39(49)27(4)19-22-38(48)55-42-30(7)36(21-20-34)56-46(35(42)13-2)24-23-26(3)37(57-46)25-29(6)47/h14-16,18-19,22,26-37,39,41-43,47,49,51-52,54H,12-13,17,20-21,23-25H2,1-11H3. The van der Waals surface area contributed by atoms with Crippen LogP contribution in [0.1, 0.15) is 128 Å². The summed E-state index contributed by atoms with van der Waals surface area (Å²) in [6.07, 6.45) is 10.3. The first-order chi connectivity index (χ1) is 26.6. The molecule has 0 amide bonds. The molecule has 2 saturated heterocycles. The highest BCUT2D eigenvalue weighted by molar-refractivity contribution is 5.91. The van der Waals surface area contributed by atoms with Crippen molar-refractivity contribution in [2.24, 2.45) is 53.3 Å². The molecule has 3 aliphatic heterocycles. The van der Waals surface area contributed by atoms with Crippen LogP contribution in [0.3, 0.4) is 0 Å². The van der Waals surface area contributed by atoms with E-state index in [9.17, 15) is 39.9 Å². The van der Waals surface area contributed by atoms with Gasteiger partial charge in [-0.3, -0.25) is 9.59 Å². The Kier molecular flexibility index (Phi) is 18.4. The van der Waals surface area contributed by atoms with E-state index in [0.717, 1.165) is 19.3 Å². The molecule has 3 heterocycles. The van der Waals surface area contributed by atoms with Gasteiger partial charge in [-0.25, -0.2) is 4.79 Å². The number of ether oxygens (including phenoxy) is 3. The van der Waals surface area contributed by atoms with Crippen molar-refractivity contribution in [1.29, 1.82) is 0 Å². The minimum atomic E-state index is -2.18. The van der Waals surface area contributed by atoms with Gasteiger partial charge in [0.05, 0.1) is 42.5 Å². The van der Waals surface area contributed by atoms with Gasteiger partial charge in [-0.15, -0.1) is 0 Å². The second-order valence-corrected chi connectivity index (χ2v) is 18.2. The summed E-state index contributed by atoms with van der Waals surface area (Å²) in [6, 6.07) is 0. The smallest absolute Gasteiger partial charge is 0.330 e. The van der Waals surface area contributed by atoms with Crippen LogP contribution in [0.25, 0.3) is 0 Å². The third-order valence-electron chi connectivity index (χ3n) is 13.6. The maximum Gasteiger partial charge on any atom is 0.330 e. The first-order valence-corrected chi connectivity index (χ1v) is 21.7. The first kappa shape index (κ1) is 49.1. The van der Waals surface area contributed by atoms with Crippen molar-refractivity contribution in [2.75, 3.05) is 0 Å². The zero-order chi connectivity index (χ0) is 43.0. The average molecular weight is 805 g/mol. The van der Waals surface area contributed by atoms with Gasteiger partial charge < -0.3 is 39.7 Å². The summed E-state index contributed by atoms with van der Waals surface area (Å²) < 4.78 is 20.3.